The monoisotopic (exact) mass is 228 g/mol. The molecule has 2 aromatic rings. The number of aryl methyl sites for hydroxylation is 1. The van der Waals surface area contributed by atoms with Gasteiger partial charge in [-0.25, -0.2) is 0 Å². The predicted octanol–water partition coefficient (Wildman–Crippen LogP) is 3.01. The average Bonchev–Trinajstić information content (AvgIpc) is 2.38. The fraction of sp³-hybridized carbons (Fsp3) is 0.214. The van der Waals surface area contributed by atoms with Crippen molar-refractivity contribution in [1.29, 1.82) is 0 Å². The molecule has 0 aliphatic rings. The number of hydrogen-bond acceptors (Lipinski definition) is 3. The number of nitrogens with zero attached hydrogens (tertiary/aromatic N) is 1. The van der Waals surface area contributed by atoms with Gasteiger partial charge in [-0.15, -0.1) is 0 Å². The largest absolute Gasteiger partial charge is 0.496 e. The second-order valence-corrected chi connectivity index (χ2v) is 3.89. The molecule has 0 saturated carbocycles. The highest BCUT2D eigenvalue weighted by molar-refractivity contribution is 5.50. The molecule has 1 aromatic carbocycles. The second kappa shape index (κ2) is 5.34. The maximum absolute atomic E-state index is 5.23. The van der Waals surface area contributed by atoms with Crippen molar-refractivity contribution in [3.63, 3.8) is 0 Å². The van der Waals surface area contributed by atoms with E-state index in [2.05, 4.69) is 16.4 Å². The molecule has 0 aliphatic carbocycles. The Bertz CT molecular complexity index is 483. The Morgan fingerprint density at radius 1 is 1.18 bits per heavy atom. The third-order valence-electron chi connectivity index (χ3n) is 2.64. The smallest absolute Gasteiger partial charge is 0.121 e. The summed E-state index contributed by atoms with van der Waals surface area (Å²) in [7, 11) is 1.69. The standard InChI is InChI=1S/C14H16N2O/c1-11-9-13(3-4-14(11)17-2)16-10-12-5-7-15-8-6-12/h3-9,16H,10H2,1-2H3. The molecule has 0 bridgehead atoms. The van der Waals surface area contributed by atoms with E-state index in [0.29, 0.717) is 0 Å². The fourth-order valence-electron chi connectivity index (χ4n) is 1.69. The van der Waals surface area contributed by atoms with Gasteiger partial charge < -0.3 is 10.1 Å². The maximum atomic E-state index is 5.23. The number of rotatable bonds is 4. The van der Waals surface area contributed by atoms with Crippen molar-refractivity contribution in [3.8, 4) is 5.75 Å². The lowest BCUT2D eigenvalue weighted by Gasteiger charge is -2.09. The first kappa shape index (κ1) is 11.5. The van der Waals surface area contributed by atoms with Gasteiger partial charge in [0.2, 0.25) is 0 Å². The average molecular weight is 228 g/mol. The Balaban J connectivity index is 2.02. The van der Waals surface area contributed by atoms with E-state index < -0.39 is 0 Å². The van der Waals surface area contributed by atoms with Gasteiger partial charge in [0.15, 0.2) is 0 Å². The van der Waals surface area contributed by atoms with Crippen LogP contribution >= 0.6 is 0 Å². The molecule has 1 aromatic heterocycles. The highest BCUT2D eigenvalue weighted by Crippen LogP contribution is 2.21. The number of methoxy groups -OCH3 is 1. The summed E-state index contributed by atoms with van der Waals surface area (Å²) in [5.74, 6) is 0.916. The van der Waals surface area contributed by atoms with Crippen LogP contribution in [0.5, 0.6) is 5.75 Å². The summed E-state index contributed by atoms with van der Waals surface area (Å²) in [5.41, 5.74) is 3.45. The molecule has 0 unspecified atom stereocenters. The van der Waals surface area contributed by atoms with Crippen LogP contribution in [0.25, 0.3) is 0 Å². The van der Waals surface area contributed by atoms with Crippen molar-refractivity contribution in [2.45, 2.75) is 13.5 Å². The minimum atomic E-state index is 0.800. The molecule has 1 heterocycles. The van der Waals surface area contributed by atoms with E-state index in [9.17, 15) is 0 Å². The molecule has 1 N–H and O–H groups in total. The number of nitrogens with one attached hydrogen (secondary N) is 1. The van der Waals surface area contributed by atoms with Gasteiger partial charge in [0.25, 0.3) is 0 Å². The molecule has 0 spiro atoms. The Labute approximate surface area is 101 Å². The van der Waals surface area contributed by atoms with E-state index in [1.54, 1.807) is 19.5 Å². The van der Waals surface area contributed by atoms with Crippen LogP contribution in [0.15, 0.2) is 42.7 Å². The summed E-state index contributed by atoms with van der Waals surface area (Å²) in [6.45, 7) is 2.84. The molecule has 0 atom stereocenters. The summed E-state index contributed by atoms with van der Waals surface area (Å²) in [6.07, 6.45) is 3.60. The molecule has 0 amide bonds. The molecule has 3 heteroatoms. The SMILES string of the molecule is COc1ccc(NCc2ccncc2)cc1C. The lowest BCUT2D eigenvalue weighted by molar-refractivity contribution is 0.412. The van der Waals surface area contributed by atoms with Crippen molar-refractivity contribution in [2.24, 2.45) is 0 Å². The van der Waals surface area contributed by atoms with Crippen molar-refractivity contribution >= 4 is 5.69 Å². The van der Waals surface area contributed by atoms with Crippen molar-refractivity contribution < 1.29 is 4.74 Å². The lowest BCUT2D eigenvalue weighted by atomic mass is 10.2. The molecule has 17 heavy (non-hydrogen) atoms. The molecular formula is C14H16N2O. The molecule has 2 rings (SSSR count). The Kier molecular flexibility index (Phi) is 3.60. The van der Waals surface area contributed by atoms with E-state index in [1.807, 2.05) is 31.2 Å². The van der Waals surface area contributed by atoms with Crippen LogP contribution in [0.3, 0.4) is 0 Å². The fourth-order valence-corrected chi connectivity index (χ4v) is 1.69. The lowest BCUT2D eigenvalue weighted by Crippen LogP contribution is -2.00. The molecular weight excluding hydrogens is 212 g/mol. The summed E-state index contributed by atoms with van der Waals surface area (Å²) in [4.78, 5) is 3.99. The topological polar surface area (TPSA) is 34.1 Å². The zero-order valence-electron chi connectivity index (χ0n) is 10.1. The molecule has 0 fully saturated rings. The highest BCUT2D eigenvalue weighted by Gasteiger charge is 1.99. The second-order valence-electron chi connectivity index (χ2n) is 3.89. The first-order chi connectivity index (χ1) is 8.29. The van der Waals surface area contributed by atoms with Gasteiger partial charge in [-0.2, -0.15) is 0 Å². The quantitative estimate of drug-likeness (QED) is 0.873. The number of ether oxygens (including phenoxy) is 1. The maximum Gasteiger partial charge on any atom is 0.121 e. The number of benzene rings is 1. The highest BCUT2D eigenvalue weighted by atomic mass is 16.5. The van der Waals surface area contributed by atoms with Crippen LogP contribution in [-0.4, -0.2) is 12.1 Å². The van der Waals surface area contributed by atoms with Gasteiger partial charge in [-0.1, -0.05) is 0 Å². The van der Waals surface area contributed by atoms with Gasteiger partial charge in [0.1, 0.15) is 5.75 Å². The number of pyridine rings is 1. The van der Waals surface area contributed by atoms with E-state index >= 15 is 0 Å². The summed E-state index contributed by atoms with van der Waals surface area (Å²) in [6, 6.07) is 10.1. The number of anilines is 1. The summed E-state index contributed by atoms with van der Waals surface area (Å²) < 4.78 is 5.23. The zero-order valence-corrected chi connectivity index (χ0v) is 10.1. The Hall–Kier alpha value is -2.03. The van der Waals surface area contributed by atoms with Crippen LogP contribution in [0.4, 0.5) is 5.69 Å². The van der Waals surface area contributed by atoms with Crippen LogP contribution in [0.1, 0.15) is 11.1 Å². The third kappa shape index (κ3) is 2.97. The summed E-state index contributed by atoms with van der Waals surface area (Å²) in [5, 5.41) is 3.37. The Morgan fingerprint density at radius 2 is 1.94 bits per heavy atom. The number of hydrogen-bond donors (Lipinski definition) is 1. The van der Waals surface area contributed by atoms with Crippen LogP contribution < -0.4 is 10.1 Å². The van der Waals surface area contributed by atoms with Crippen molar-refractivity contribution in [3.05, 3.63) is 53.9 Å². The molecule has 3 nitrogen and oxygen atoms in total. The first-order valence-corrected chi connectivity index (χ1v) is 5.57. The Morgan fingerprint density at radius 3 is 2.59 bits per heavy atom. The van der Waals surface area contributed by atoms with E-state index in [0.717, 1.165) is 23.5 Å². The third-order valence-corrected chi connectivity index (χ3v) is 2.64. The number of aromatic nitrogens is 1. The summed E-state index contributed by atoms with van der Waals surface area (Å²) >= 11 is 0. The van der Waals surface area contributed by atoms with E-state index in [-0.39, 0.29) is 0 Å². The van der Waals surface area contributed by atoms with Gasteiger partial charge in [0.05, 0.1) is 7.11 Å². The van der Waals surface area contributed by atoms with Crippen molar-refractivity contribution in [1.82, 2.24) is 4.98 Å². The predicted molar refractivity (Wildman–Crippen MR) is 69.3 cm³/mol. The van der Waals surface area contributed by atoms with Crippen molar-refractivity contribution in [2.75, 3.05) is 12.4 Å². The van der Waals surface area contributed by atoms with Gasteiger partial charge in [-0.3, -0.25) is 4.98 Å². The van der Waals surface area contributed by atoms with Gasteiger partial charge in [0, 0.05) is 24.6 Å². The van der Waals surface area contributed by atoms with Crippen LogP contribution in [0.2, 0.25) is 0 Å². The van der Waals surface area contributed by atoms with Gasteiger partial charge in [-0.05, 0) is 48.4 Å². The minimum absolute atomic E-state index is 0.800. The van der Waals surface area contributed by atoms with Gasteiger partial charge >= 0.3 is 0 Å². The van der Waals surface area contributed by atoms with Crippen LogP contribution in [-0.2, 0) is 6.54 Å². The van der Waals surface area contributed by atoms with Crippen LogP contribution in [0, 0.1) is 6.92 Å². The normalized spacial score (nSPS) is 10.0. The van der Waals surface area contributed by atoms with E-state index in [1.165, 1.54) is 5.56 Å². The minimum Gasteiger partial charge on any atom is -0.496 e. The molecule has 88 valence electrons. The molecule has 0 saturated heterocycles. The molecule has 0 radical (unpaired) electrons. The first-order valence-electron chi connectivity index (χ1n) is 5.57. The zero-order chi connectivity index (χ0) is 12.1. The van der Waals surface area contributed by atoms with E-state index in [4.69, 9.17) is 4.74 Å². The molecule has 0 aliphatic heterocycles.